The highest BCUT2D eigenvalue weighted by Gasteiger charge is 2.03. The third-order valence-corrected chi connectivity index (χ3v) is 2.60. The summed E-state index contributed by atoms with van der Waals surface area (Å²) >= 11 is 4.66. The van der Waals surface area contributed by atoms with Gasteiger partial charge < -0.3 is 16.2 Å². The van der Waals surface area contributed by atoms with Gasteiger partial charge in [0.2, 0.25) is 0 Å². The number of rotatable bonds is 5. The number of pyridine rings is 1. The van der Waals surface area contributed by atoms with E-state index in [0.717, 1.165) is 5.56 Å². The van der Waals surface area contributed by atoms with E-state index in [0.29, 0.717) is 23.7 Å². The van der Waals surface area contributed by atoms with Crippen LogP contribution in [-0.4, -0.2) is 16.3 Å². The summed E-state index contributed by atoms with van der Waals surface area (Å²) in [6.07, 6.45) is 3.14. The first kappa shape index (κ1) is 14.7. The minimum atomic E-state index is 0.0874. The number of hydrazone groups is 1. The van der Waals surface area contributed by atoms with Crippen LogP contribution >= 0.6 is 12.2 Å². The number of ether oxygens (including phenoxy) is 1. The zero-order chi connectivity index (χ0) is 15.1. The van der Waals surface area contributed by atoms with Gasteiger partial charge in [0.25, 0.3) is 0 Å². The topological polar surface area (TPSA) is 98.5 Å². The van der Waals surface area contributed by atoms with E-state index in [9.17, 15) is 0 Å². The number of nitrogen functional groups attached to an aromatic ring is 1. The lowest BCUT2D eigenvalue weighted by molar-refractivity contribution is 0.304. The third kappa shape index (κ3) is 4.73. The molecule has 5 N–H and O–H groups in total. The first-order valence-corrected chi connectivity index (χ1v) is 6.57. The fourth-order valence-electron chi connectivity index (χ4n) is 1.62. The van der Waals surface area contributed by atoms with Crippen LogP contribution in [0.15, 0.2) is 47.7 Å². The van der Waals surface area contributed by atoms with Gasteiger partial charge >= 0.3 is 0 Å². The summed E-state index contributed by atoms with van der Waals surface area (Å²) in [5.74, 6) is 0.605. The van der Waals surface area contributed by atoms with E-state index in [1.54, 1.807) is 18.3 Å². The van der Waals surface area contributed by atoms with Crippen LogP contribution in [-0.2, 0) is 6.61 Å². The van der Waals surface area contributed by atoms with Crippen molar-refractivity contribution in [1.29, 1.82) is 0 Å². The van der Waals surface area contributed by atoms with Crippen LogP contribution in [0.2, 0.25) is 0 Å². The Morgan fingerprint density at radius 3 is 3.00 bits per heavy atom. The lowest BCUT2D eigenvalue weighted by atomic mass is 10.2. The van der Waals surface area contributed by atoms with Crippen LogP contribution < -0.4 is 21.6 Å². The van der Waals surface area contributed by atoms with Crippen LogP contribution in [0.25, 0.3) is 0 Å². The molecule has 1 aromatic carbocycles. The number of hydrogen-bond donors (Lipinski definition) is 3. The first-order valence-electron chi connectivity index (χ1n) is 6.16. The molecule has 0 bridgehead atoms. The van der Waals surface area contributed by atoms with Gasteiger partial charge in [-0.15, -0.1) is 0 Å². The summed E-state index contributed by atoms with van der Waals surface area (Å²) < 4.78 is 5.73. The molecule has 0 aliphatic rings. The average Bonchev–Trinajstić information content (AvgIpc) is 2.46. The molecule has 0 saturated carbocycles. The summed E-state index contributed by atoms with van der Waals surface area (Å²) in [7, 11) is 0. The smallest absolute Gasteiger partial charge is 0.184 e. The van der Waals surface area contributed by atoms with Gasteiger partial charge in [-0.05, 0) is 42.0 Å². The van der Waals surface area contributed by atoms with Gasteiger partial charge in [0.1, 0.15) is 18.1 Å². The highest BCUT2D eigenvalue weighted by Crippen LogP contribution is 2.16. The Morgan fingerprint density at radius 2 is 2.24 bits per heavy atom. The maximum absolute atomic E-state index is 5.73. The van der Waals surface area contributed by atoms with E-state index in [-0.39, 0.29) is 5.11 Å². The zero-order valence-corrected chi connectivity index (χ0v) is 12.0. The van der Waals surface area contributed by atoms with Gasteiger partial charge in [0.15, 0.2) is 5.11 Å². The largest absolute Gasteiger partial charge is 0.487 e. The van der Waals surface area contributed by atoms with E-state index < -0.39 is 0 Å². The van der Waals surface area contributed by atoms with Gasteiger partial charge in [-0.1, -0.05) is 12.1 Å². The Balaban J connectivity index is 2.06. The van der Waals surface area contributed by atoms with Crippen molar-refractivity contribution in [2.75, 3.05) is 5.73 Å². The summed E-state index contributed by atoms with van der Waals surface area (Å²) in [4.78, 5) is 4.18. The lowest BCUT2D eigenvalue weighted by Crippen LogP contribution is -2.24. The number of anilines is 1. The Labute approximate surface area is 127 Å². The number of thiocarbonyl (C=S) groups is 1. The predicted molar refractivity (Wildman–Crippen MR) is 86.9 cm³/mol. The minimum Gasteiger partial charge on any atom is -0.487 e. The second-order valence-corrected chi connectivity index (χ2v) is 4.59. The van der Waals surface area contributed by atoms with Crippen molar-refractivity contribution in [3.63, 3.8) is 0 Å². The van der Waals surface area contributed by atoms with Crippen molar-refractivity contribution in [1.82, 2.24) is 10.4 Å². The molecule has 0 spiro atoms. The molecule has 1 aromatic heterocycles. The minimum absolute atomic E-state index is 0.0874. The molecule has 2 aromatic rings. The number of hydrogen-bond acceptors (Lipinski definition) is 5. The second-order valence-electron chi connectivity index (χ2n) is 4.15. The SMILES string of the molecule is NC(=S)N/N=C/c1ncccc1OCc1cccc(N)c1. The highest BCUT2D eigenvalue weighted by molar-refractivity contribution is 7.80. The maximum Gasteiger partial charge on any atom is 0.184 e. The molecule has 2 rings (SSSR count). The Hall–Kier alpha value is -2.67. The molecule has 0 saturated heterocycles. The molecule has 0 fully saturated rings. The van der Waals surface area contributed by atoms with Gasteiger partial charge in [-0.3, -0.25) is 10.4 Å². The fourth-order valence-corrected chi connectivity index (χ4v) is 1.68. The van der Waals surface area contributed by atoms with E-state index in [2.05, 4.69) is 27.7 Å². The summed E-state index contributed by atoms with van der Waals surface area (Å²) in [6, 6.07) is 11.1. The predicted octanol–water partition coefficient (Wildman–Crippen LogP) is 1.41. The molecule has 21 heavy (non-hydrogen) atoms. The highest BCUT2D eigenvalue weighted by atomic mass is 32.1. The molecule has 7 heteroatoms. The van der Waals surface area contributed by atoms with Gasteiger partial charge in [0.05, 0.1) is 6.21 Å². The standard InChI is InChI=1S/C14H15N5OS/c15-11-4-1-3-10(7-11)9-20-13-5-2-6-17-12(13)8-18-19-14(16)21/h1-8H,9,15H2,(H3,16,19,21)/b18-8+. The van der Waals surface area contributed by atoms with E-state index >= 15 is 0 Å². The monoisotopic (exact) mass is 301 g/mol. The number of aromatic nitrogens is 1. The average molecular weight is 301 g/mol. The van der Waals surface area contributed by atoms with E-state index in [4.69, 9.17) is 16.2 Å². The number of benzene rings is 1. The first-order chi connectivity index (χ1) is 10.1. The molecule has 1 heterocycles. The molecule has 0 aliphatic carbocycles. The second kappa shape index (κ2) is 7.20. The van der Waals surface area contributed by atoms with Crippen LogP contribution in [0, 0.1) is 0 Å². The van der Waals surface area contributed by atoms with Crippen molar-refractivity contribution in [2.24, 2.45) is 10.8 Å². The number of nitrogens with zero attached hydrogens (tertiary/aromatic N) is 2. The Bertz CT molecular complexity index is 659. The number of nitrogens with one attached hydrogen (secondary N) is 1. The molecular weight excluding hydrogens is 286 g/mol. The Kier molecular flexibility index (Phi) is 5.05. The van der Waals surface area contributed by atoms with Crippen LogP contribution in [0.4, 0.5) is 5.69 Å². The summed E-state index contributed by atoms with van der Waals surface area (Å²) in [5.41, 5.74) is 15.7. The normalized spacial score (nSPS) is 10.5. The molecule has 0 unspecified atom stereocenters. The van der Waals surface area contributed by atoms with Gasteiger partial charge in [0, 0.05) is 11.9 Å². The molecule has 108 valence electrons. The van der Waals surface area contributed by atoms with Crippen molar-refractivity contribution in [2.45, 2.75) is 6.61 Å². The van der Waals surface area contributed by atoms with E-state index in [1.807, 2.05) is 24.3 Å². The molecule has 0 radical (unpaired) electrons. The van der Waals surface area contributed by atoms with E-state index in [1.165, 1.54) is 6.21 Å². The quantitative estimate of drug-likeness (QED) is 0.334. The molecular formula is C14H15N5OS. The zero-order valence-electron chi connectivity index (χ0n) is 11.2. The van der Waals surface area contributed by atoms with Crippen molar-refractivity contribution < 1.29 is 4.74 Å². The molecule has 0 amide bonds. The fraction of sp³-hybridized carbons (Fsp3) is 0.0714. The maximum atomic E-state index is 5.73. The molecule has 0 atom stereocenters. The van der Waals surface area contributed by atoms with Crippen LogP contribution in [0.5, 0.6) is 5.75 Å². The summed E-state index contributed by atoms with van der Waals surface area (Å²) in [5, 5.41) is 3.95. The summed E-state index contributed by atoms with van der Waals surface area (Å²) in [6.45, 7) is 0.389. The third-order valence-electron chi connectivity index (χ3n) is 2.51. The van der Waals surface area contributed by atoms with Gasteiger partial charge in [-0.25, -0.2) is 0 Å². The van der Waals surface area contributed by atoms with Crippen LogP contribution in [0.1, 0.15) is 11.3 Å². The molecule has 6 nitrogen and oxygen atoms in total. The van der Waals surface area contributed by atoms with Crippen molar-refractivity contribution in [3.05, 3.63) is 53.9 Å². The van der Waals surface area contributed by atoms with Crippen molar-refractivity contribution in [3.8, 4) is 5.75 Å². The Morgan fingerprint density at radius 1 is 1.38 bits per heavy atom. The van der Waals surface area contributed by atoms with Gasteiger partial charge in [-0.2, -0.15) is 5.10 Å². The molecule has 0 aliphatic heterocycles. The lowest BCUT2D eigenvalue weighted by Gasteiger charge is -2.08. The van der Waals surface area contributed by atoms with Crippen LogP contribution in [0.3, 0.4) is 0 Å². The van der Waals surface area contributed by atoms with Crippen molar-refractivity contribution >= 4 is 29.2 Å². The number of nitrogens with two attached hydrogens (primary N) is 2.